The van der Waals surface area contributed by atoms with E-state index in [-0.39, 0.29) is 5.91 Å². The van der Waals surface area contributed by atoms with Crippen molar-refractivity contribution in [3.05, 3.63) is 29.3 Å². The number of likely N-dealkylation sites (tertiary alicyclic amines) is 1. The molecule has 0 radical (unpaired) electrons. The van der Waals surface area contributed by atoms with Gasteiger partial charge >= 0.3 is 0 Å². The van der Waals surface area contributed by atoms with Crippen molar-refractivity contribution in [1.82, 2.24) is 10.2 Å². The van der Waals surface area contributed by atoms with E-state index in [0.29, 0.717) is 6.67 Å². The predicted molar refractivity (Wildman–Crippen MR) is 84.4 cm³/mol. The van der Waals surface area contributed by atoms with E-state index in [1.807, 2.05) is 26.0 Å². The Hall–Kier alpha value is -1.55. The third-order valence-corrected chi connectivity index (χ3v) is 3.93. The molecule has 1 aliphatic heterocycles. The molecule has 21 heavy (non-hydrogen) atoms. The molecule has 2 rings (SSSR count). The van der Waals surface area contributed by atoms with Crippen LogP contribution in [0.2, 0.25) is 0 Å². The molecule has 1 heterocycles. The molecule has 0 spiro atoms. The summed E-state index contributed by atoms with van der Waals surface area (Å²) >= 11 is 0. The summed E-state index contributed by atoms with van der Waals surface area (Å²) < 4.78 is 5.77. The summed E-state index contributed by atoms with van der Waals surface area (Å²) in [7, 11) is 0. The van der Waals surface area contributed by atoms with Crippen molar-refractivity contribution in [1.29, 1.82) is 0 Å². The highest BCUT2D eigenvalue weighted by Crippen LogP contribution is 2.20. The zero-order valence-corrected chi connectivity index (χ0v) is 13.3. The number of rotatable bonds is 5. The van der Waals surface area contributed by atoms with Crippen LogP contribution < -0.4 is 10.1 Å². The number of benzene rings is 1. The fourth-order valence-electron chi connectivity index (χ4n) is 2.63. The van der Waals surface area contributed by atoms with Crippen molar-refractivity contribution >= 4 is 5.91 Å². The van der Waals surface area contributed by atoms with Gasteiger partial charge in [-0.05, 0) is 58.3 Å². The second-order valence-corrected chi connectivity index (χ2v) is 5.91. The van der Waals surface area contributed by atoms with Crippen LogP contribution >= 0.6 is 0 Å². The molecule has 1 aromatic carbocycles. The summed E-state index contributed by atoms with van der Waals surface area (Å²) in [5.41, 5.74) is 2.26. The molecule has 0 bridgehead atoms. The molecule has 1 saturated heterocycles. The van der Waals surface area contributed by atoms with Crippen molar-refractivity contribution in [2.24, 2.45) is 0 Å². The Morgan fingerprint density at radius 2 is 2.00 bits per heavy atom. The third-order valence-electron chi connectivity index (χ3n) is 3.93. The van der Waals surface area contributed by atoms with Gasteiger partial charge in [0.25, 0.3) is 5.91 Å². The second kappa shape index (κ2) is 7.46. The molecule has 0 aliphatic carbocycles. The number of carbonyl (C=O) groups is 1. The predicted octanol–water partition coefficient (Wildman–Crippen LogP) is 2.63. The van der Waals surface area contributed by atoms with Crippen molar-refractivity contribution in [3.63, 3.8) is 0 Å². The summed E-state index contributed by atoms with van der Waals surface area (Å²) in [6, 6.07) is 5.99. The Morgan fingerprint density at radius 1 is 1.29 bits per heavy atom. The van der Waals surface area contributed by atoms with Gasteiger partial charge in [0.2, 0.25) is 0 Å². The fourth-order valence-corrected chi connectivity index (χ4v) is 2.63. The first-order valence-corrected chi connectivity index (χ1v) is 7.80. The van der Waals surface area contributed by atoms with Crippen LogP contribution in [0.3, 0.4) is 0 Å². The number of nitrogens with one attached hydrogen (secondary N) is 1. The van der Waals surface area contributed by atoms with Gasteiger partial charge in [-0.2, -0.15) is 0 Å². The summed E-state index contributed by atoms with van der Waals surface area (Å²) in [5, 5.41) is 2.97. The summed E-state index contributed by atoms with van der Waals surface area (Å²) in [6.45, 7) is 8.62. The molecule has 1 N–H and O–H groups in total. The quantitative estimate of drug-likeness (QED) is 0.906. The minimum absolute atomic E-state index is 0.0550. The van der Waals surface area contributed by atoms with E-state index in [2.05, 4.69) is 16.3 Å². The molecule has 1 aliphatic rings. The maximum absolute atomic E-state index is 12.1. The lowest BCUT2D eigenvalue weighted by Gasteiger charge is -2.27. The van der Waals surface area contributed by atoms with Gasteiger partial charge in [-0.3, -0.25) is 9.69 Å². The Morgan fingerprint density at radius 3 is 2.67 bits per heavy atom. The minimum atomic E-state index is -0.476. The first-order valence-electron chi connectivity index (χ1n) is 7.80. The van der Waals surface area contributed by atoms with Gasteiger partial charge in [0.05, 0.1) is 6.67 Å². The Labute approximate surface area is 127 Å². The van der Waals surface area contributed by atoms with E-state index in [1.54, 1.807) is 6.92 Å². The summed E-state index contributed by atoms with van der Waals surface area (Å²) in [6.07, 6.45) is 3.28. The summed E-state index contributed by atoms with van der Waals surface area (Å²) in [5.74, 6) is 0.724. The third kappa shape index (κ3) is 4.74. The molecule has 0 saturated carbocycles. The molecule has 1 fully saturated rings. The number of aryl methyl sites for hydroxylation is 2. The highest BCUT2D eigenvalue weighted by Gasteiger charge is 2.17. The Bertz CT molecular complexity index is 482. The number of hydrogen-bond donors (Lipinski definition) is 1. The Kier molecular flexibility index (Phi) is 5.62. The topological polar surface area (TPSA) is 41.6 Å². The minimum Gasteiger partial charge on any atom is -0.481 e. The maximum atomic E-state index is 12.1. The van der Waals surface area contributed by atoms with Gasteiger partial charge < -0.3 is 10.1 Å². The number of carbonyl (C=O) groups excluding carboxylic acids is 1. The lowest BCUT2D eigenvalue weighted by atomic mass is 10.1. The van der Waals surface area contributed by atoms with Crippen LogP contribution in [0.15, 0.2) is 18.2 Å². The molecule has 1 atom stereocenters. The van der Waals surface area contributed by atoms with Gasteiger partial charge in [0, 0.05) is 0 Å². The van der Waals surface area contributed by atoms with Crippen LogP contribution in [-0.4, -0.2) is 36.7 Å². The van der Waals surface area contributed by atoms with Crippen LogP contribution in [0, 0.1) is 13.8 Å². The number of amides is 1. The van der Waals surface area contributed by atoms with Crippen molar-refractivity contribution < 1.29 is 9.53 Å². The van der Waals surface area contributed by atoms with Gasteiger partial charge in [0.1, 0.15) is 5.75 Å². The van der Waals surface area contributed by atoms with Gasteiger partial charge in [-0.15, -0.1) is 0 Å². The van der Waals surface area contributed by atoms with Crippen LogP contribution in [-0.2, 0) is 4.79 Å². The van der Waals surface area contributed by atoms with Crippen LogP contribution in [0.25, 0.3) is 0 Å². The molecule has 1 amide bonds. The average Bonchev–Trinajstić information content (AvgIpc) is 2.48. The van der Waals surface area contributed by atoms with Crippen LogP contribution in [0.1, 0.15) is 37.3 Å². The number of piperidine rings is 1. The van der Waals surface area contributed by atoms with Gasteiger partial charge in [0.15, 0.2) is 6.10 Å². The summed E-state index contributed by atoms with van der Waals surface area (Å²) in [4.78, 5) is 14.4. The van der Waals surface area contributed by atoms with Crippen LogP contribution in [0.4, 0.5) is 0 Å². The first kappa shape index (κ1) is 15.8. The average molecular weight is 290 g/mol. The molecule has 1 unspecified atom stereocenters. The van der Waals surface area contributed by atoms with E-state index < -0.39 is 6.10 Å². The Balaban J connectivity index is 1.81. The zero-order chi connectivity index (χ0) is 15.2. The van der Waals surface area contributed by atoms with Gasteiger partial charge in [-0.1, -0.05) is 24.1 Å². The normalized spacial score (nSPS) is 17.3. The van der Waals surface area contributed by atoms with E-state index >= 15 is 0 Å². The highest BCUT2D eigenvalue weighted by atomic mass is 16.5. The first-order chi connectivity index (χ1) is 10.1. The number of ether oxygens (including phenoxy) is 1. The lowest BCUT2D eigenvalue weighted by molar-refractivity contribution is -0.128. The molecule has 4 nitrogen and oxygen atoms in total. The zero-order valence-electron chi connectivity index (χ0n) is 13.3. The lowest BCUT2D eigenvalue weighted by Crippen LogP contribution is -2.44. The van der Waals surface area contributed by atoms with E-state index in [0.717, 1.165) is 24.4 Å². The molecule has 0 aromatic heterocycles. The maximum Gasteiger partial charge on any atom is 0.261 e. The van der Waals surface area contributed by atoms with E-state index in [4.69, 9.17) is 4.74 Å². The van der Waals surface area contributed by atoms with E-state index in [9.17, 15) is 4.79 Å². The molecular formula is C17H26N2O2. The van der Waals surface area contributed by atoms with E-state index in [1.165, 1.54) is 24.8 Å². The molecule has 4 heteroatoms. The molecular weight excluding hydrogens is 264 g/mol. The van der Waals surface area contributed by atoms with Crippen molar-refractivity contribution in [3.8, 4) is 5.75 Å². The van der Waals surface area contributed by atoms with Gasteiger partial charge in [-0.25, -0.2) is 0 Å². The molecule has 116 valence electrons. The SMILES string of the molecule is Cc1ccc(OC(C)C(=O)NCN2CCCCC2)c(C)c1. The van der Waals surface area contributed by atoms with Crippen molar-refractivity contribution in [2.45, 2.75) is 46.1 Å². The van der Waals surface area contributed by atoms with Crippen LogP contribution in [0.5, 0.6) is 5.75 Å². The monoisotopic (exact) mass is 290 g/mol. The largest absolute Gasteiger partial charge is 0.481 e. The fraction of sp³-hybridized carbons (Fsp3) is 0.588. The highest BCUT2D eigenvalue weighted by molar-refractivity contribution is 5.80. The standard InChI is InChI=1S/C17H26N2O2/c1-13-7-8-16(14(2)11-13)21-15(3)17(20)18-12-19-9-5-4-6-10-19/h7-8,11,15H,4-6,9-10,12H2,1-3H3,(H,18,20). The molecule has 1 aromatic rings. The number of nitrogens with zero attached hydrogens (tertiary/aromatic N) is 1. The smallest absolute Gasteiger partial charge is 0.261 e. The second-order valence-electron chi connectivity index (χ2n) is 5.91. The number of hydrogen-bond acceptors (Lipinski definition) is 3. The van der Waals surface area contributed by atoms with Crippen molar-refractivity contribution in [2.75, 3.05) is 19.8 Å².